The van der Waals surface area contributed by atoms with Crippen LogP contribution in [0.3, 0.4) is 0 Å². The molecule has 0 bridgehead atoms. The molecule has 5 aromatic rings. The van der Waals surface area contributed by atoms with E-state index in [1.165, 1.54) is 55.4 Å². The van der Waals surface area contributed by atoms with E-state index in [4.69, 9.17) is 0 Å². The van der Waals surface area contributed by atoms with Gasteiger partial charge in [-0.05, 0) is 69.8 Å². The van der Waals surface area contributed by atoms with E-state index in [-0.39, 0.29) is 0 Å². The van der Waals surface area contributed by atoms with Crippen molar-refractivity contribution in [3.05, 3.63) is 114 Å². The minimum atomic E-state index is 0.456. The Kier molecular flexibility index (Phi) is 5.56. The van der Waals surface area contributed by atoms with Gasteiger partial charge in [0, 0.05) is 6.07 Å². The van der Waals surface area contributed by atoms with E-state index in [9.17, 15) is 0 Å². The van der Waals surface area contributed by atoms with Gasteiger partial charge in [0.05, 0.1) is 10.9 Å². The van der Waals surface area contributed by atoms with Crippen molar-refractivity contribution in [2.45, 2.75) is 26.7 Å². The fourth-order valence-electron chi connectivity index (χ4n) is 4.90. The van der Waals surface area contributed by atoms with Crippen molar-refractivity contribution < 1.29 is 4.57 Å². The van der Waals surface area contributed by atoms with E-state index in [1.54, 1.807) is 0 Å². The number of fused-ring (bicyclic) bond motifs is 1. The molecular formula is C32H30N+. The third-order valence-electron chi connectivity index (χ3n) is 6.68. The molecule has 162 valence electrons. The van der Waals surface area contributed by atoms with Gasteiger partial charge in [-0.15, -0.1) is 0 Å². The Labute approximate surface area is 197 Å². The maximum Gasteiger partial charge on any atom is 0.220 e. The van der Waals surface area contributed by atoms with Crippen LogP contribution in [-0.2, 0) is 7.05 Å². The molecule has 33 heavy (non-hydrogen) atoms. The van der Waals surface area contributed by atoms with Gasteiger partial charge >= 0.3 is 0 Å². The predicted molar refractivity (Wildman–Crippen MR) is 140 cm³/mol. The Balaban J connectivity index is 1.76. The topological polar surface area (TPSA) is 3.88 Å². The highest BCUT2D eigenvalue weighted by Crippen LogP contribution is 2.37. The van der Waals surface area contributed by atoms with Crippen molar-refractivity contribution >= 4 is 10.8 Å². The summed E-state index contributed by atoms with van der Waals surface area (Å²) < 4.78 is 2.27. The van der Waals surface area contributed by atoms with Crippen molar-refractivity contribution in [3.8, 4) is 33.5 Å². The van der Waals surface area contributed by atoms with Gasteiger partial charge in [-0.1, -0.05) is 86.6 Å². The second-order valence-electron chi connectivity index (χ2n) is 9.20. The van der Waals surface area contributed by atoms with Gasteiger partial charge in [-0.3, -0.25) is 0 Å². The summed E-state index contributed by atoms with van der Waals surface area (Å²) in [5.41, 5.74) is 10.4. The summed E-state index contributed by atoms with van der Waals surface area (Å²) in [4.78, 5) is 0. The van der Waals surface area contributed by atoms with Crippen LogP contribution in [0, 0.1) is 6.92 Å². The molecule has 5 rings (SSSR count). The minimum absolute atomic E-state index is 0.456. The van der Waals surface area contributed by atoms with Gasteiger partial charge in [0.15, 0.2) is 6.20 Å². The van der Waals surface area contributed by atoms with Crippen LogP contribution in [0.4, 0.5) is 0 Å². The molecule has 0 aliphatic carbocycles. The average Bonchev–Trinajstić information content (AvgIpc) is 2.85. The first kappa shape index (κ1) is 21.2. The van der Waals surface area contributed by atoms with Gasteiger partial charge < -0.3 is 0 Å². The molecule has 0 radical (unpaired) electrons. The largest absolute Gasteiger partial charge is 0.220 e. The second kappa shape index (κ2) is 8.67. The Bertz CT molecular complexity index is 1430. The van der Waals surface area contributed by atoms with Crippen molar-refractivity contribution in [2.24, 2.45) is 7.05 Å². The first-order valence-corrected chi connectivity index (χ1v) is 11.7. The molecule has 0 saturated heterocycles. The smallest absolute Gasteiger partial charge is 0.200 e. The van der Waals surface area contributed by atoms with Crippen LogP contribution in [0.1, 0.15) is 30.9 Å². The number of benzene rings is 4. The normalized spacial score (nSPS) is 11.3. The van der Waals surface area contributed by atoms with E-state index in [0.717, 1.165) is 0 Å². The zero-order valence-corrected chi connectivity index (χ0v) is 19.8. The second-order valence-corrected chi connectivity index (χ2v) is 9.20. The average molecular weight is 429 g/mol. The van der Waals surface area contributed by atoms with E-state index in [1.807, 2.05) is 0 Å². The lowest BCUT2D eigenvalue weighted by Gasteiger charge is -2.17. The molecule has 0 aliphatic heterocycles. The van der Waals surface area contributed by atoms with Gasteiger partial charge in [-0.25, -0.2) is 4.57 Å². The van der Waals surface area contributed by atoms with Gasteiger partial charge in [0.2, 0.25) is 5.69 Å². The SMILES string of the molecule is Cc1c(-c2c3ccc(-c4ccccc4)cc3cc[n+]2C)cc(-c2ccccc2)cc1C(C)C. The summed E-state index contributed by atoms with van der Waals surface area (Å²) in [6.45, 7) is 6.85. The Morgan fingerprint density at radius 3 is 1.91 bits per heavy atom. The molecule has 0 aliphatic rings. The molecule has 0 amide bonds. The highest BCUT2D eigenvalue weighted by Gasteiger charge is 2.21. The number of hydrogen-bond acceptors (Lipinski definition) is 0. The van der Waals surface area contributed by atoms with Crippen LogP contribution in [0.5, 0.6) is 0 Å². The summed E-state index contributed by atoms with van der Waals surface area (Å²) in [6, 6.07) is 35.2. The Hall–Kier alpha value is -3.71. The quantitative estimate of drug-likeness (QED) is 0.255. The summed E-state index contributed by atoms with van der Waals surface area (Å²) >= 11 is 0. The molecule has 0 unspecified atom stereocenters. The molecule has 0 atom stereocenters. The molecular weight excluding hydrogens is 398 g/mol. The van der Waals surface area contributed by atoms with Crippen LogP contribution >= 0.6 is 0 Å². The predicted octanol–water partition coefficient (Wildman–Crippen LogP) is 8.10. The van der Waals surface area contributed by atoms with Gasteiger partial charge in [-0.2, -0.15) is 0 Å². The molecule has 0 saturated carbocycles. The van der Waals surface area contributed by atoms with Crippen LogP contribution in [0.2, 0.25) is 0 Å². The summed E-state index contributed by atoms with van der Waals surface area (Å²) in [6.07, 6.45) is 2.19. The summed E-state index contributed by atoms with van der Waals surface area (Å²) in [7, 11) is 2.16. The lowest BCUT2D eigenvalue weighted by Crippen LogP contribution is -2.30. The maximum absolute atomic E-state index is 2.37. The number of pyridine rings is 1. The maximum atomic E-state index is 2.37. The van der Waals surface area contributed by atoms with Gasteiger partial charge in [0.1, 0.15) is 7.05 Å². The minimum Gasteiger partial charge on any atom is -0.200 e. The zero-order valence-electron chi connectivity index (χ0n) is 19.8. The fraction of sp³-hybridized carbons (Fsp3) is 0.156. The van der Waals surface area contributed by atoms with Gasteiger partial charge in [0.25, 0.3) is 0 Å². The molecule has 1 heteroatoms. The van der Waals surface area contributed by atoms with E-state index >= 15 is 0 Å². The zero-order chi connectivity index (χ0) is 22.9. The van der Waals surface area contributed by atoms with E-state index in [2.05, 4.69) is 136 Å². The third-order valence-corrected chi connectivity index (χ3v) is 6.68. The molecule has 1 nitrogen and oxygen atoms in total. The lowest BCUT2D eigenvalue weighted by molar-refractivity contribution is -0.659. The first-order valence-electron chi connectivity index (χ1n) is 11.7. The van der Waals surface area contributed by atoms with Crippen LogP contribution in [0.15, 0.2) is 103 Å². The number of hydrogen-bond donors (Lipinski definition) is 0. The van der Waals surface area contributed by atoms with Crippen molar-refractivity contribution in [3.63, 3.8) is 0 Å². The molecule has 1 aromatic heterocycles. The first-order chi connectivity index (χ1) is 16.0. The van der Waals surface area contributed by atoms with E-state index in [0.29, 0.717) is 5.92 Å². The van der Waals surface area contributed by atoms with Crippen molar-refractivity contribution in [2.75, 3.05) is 0 Å². The van der Waals surface area contributed by atoms with Crippen LogP contribution < -0.4 is 4.57 Å². The Morgan fingerprint density at radius 2 is 1.27 bits per heavy atom. The number of rotatable bonds is 4. The van der Waals surface area contributed by atoms with Crippen molar-refractivity contribution in [1.82, 2.24) is 0 Å². The molecule has 0 spiro atoms. The number of nitrogens with zero attached hydrogens (tertiary/aromatic N) is 1. The van der Waals surface area contributed by atoms with Crippen LogP contribution in [-0.4, -0.2) is 0 Å². The third kappa shape index (κ3) is 3.96. The monoisotopic (exact) mass is 428 g/mol. The van der Waals surface area contributed by atoms with Crippen molar-refractivity contribution in [1.29, 1.82) is 0 Å². The lowest BCUT2D eigenvalue weighted by atomic mass is 9.87. The fourth-order valence-corrected chi connectivity index (χ4v) is 4.90. The number of aromatic nitrogens is 1. The molecule has 4 aromatic carbocycles. The molecule has 0 N–H and O–H groups in total. The molecule has 0 fully saturated rings. The Morgan fingerprint density at radius 1 is 0.636 bits per heavy atom. The summed E-state index contributed by atoms with van der Waals surface area (Å²) in [5, 5.41) is 2.54. The summed E-state index contributed by atoms with van der Waals surface area (Å²) in [5.74, 6) is 0.456. The standard InChI is InChI=1S/C32H30N/c1-22(2)30-20-28(25-13-9-6-10-14-25)21-31(23(30)3)32-29-16-15-26(24-11-7-5-8-12-24)19-27(29)17-18-33(32)4/h5-22H,1-4H3/q+1. The van der Waals surface area contributed by atoms with E-state index < -0.39 is 0 Å². The number of aryl methyl sites for hydroxylation is 1. The highest BCUT2D eigenvalue weighted by atomic mass is 14.9. The molecule has 1 heterocycles. The highest BCUT2D eigenvalue weighted by molar-refractivity contribution is 5.96. The van der Waals surface area contributed by atoms with Crippen LogP contribution in [0.25, 0.3) is 44.3 Å².